The molecule has 1 fully saturated rings. The molecule has 0 aliphatic carbocycles. The minimum absolute atomic E-state index is 0.112. The highest BCUT2D eigenvalue weighted by Gasteiger charge is 2.41. The van der Waals surface area contributed by atoms with Crippen LogP contribution in [0.15, 0.2) is 72.8 Å². The maximum absolute atomic E-state index is 13.9. The highest BCUT2D eigenvalue weighted by Crippen LogP contribution is 2.27. The molecule has 1 heterocycles. The summed E-state index contributed by atoms with van der Waals surface area (Å²) in [6, 6.07) is 18.0. The number of imide groups is 1. The number of rotatable bonds is 9. The summed E-state index contributed by atoms with van der Waals surface area (Å²) in [7, 11) is 2.09. The Bertz CT molecular complexity index is 1430. The molecular weight excluding hydrogens is 548 g/mol. The Balaban J connectivity index is 1.55. The number of benzene rings is 3. The summed E-state index contributed by atoms with van der Waals surface area (Å²) in [5.74, 6) is -0.478. The number of nitrogens with zero attached hydrogens (tertiary/aromatic N) is 2. The van der Waals surface area contributed by atoms with Crippen LogP contribution in [0.4, 0.5) is 10.5 Å². The number of esters is 1. The number of aromatic hydroxyl groups is 2. The first-order valence-corrected chi connectivity index (χ1v) is 14.5. The zero-order valence-electron chi connectivity index (χ0n) is 24.9. The molecule has 1 aliphatic heterocycles. The van der Waals surface area contributed by atoms with Gasteiger partial charge in [0.2, 0.25) is 5.91 Å². The van der Waals surface area contributed by atoms with Gasteiger partial charge in [-0.2, -0.15) is 0 Å². The zero-order valence-corrected chi connectivity index (χ0v) is 24.9. The van der Waals surface area contributed by atoms with Crippen LogP contribution in [0.25, 0.3) is 0 Å². The van der Waals surface area contributed by atoms with Crippen LogP contribution in [0.3, 0.4) is 0 Å². The van der Waals surface area contributed by atoms with Gasteiger partial charge in [0.05, 0.1) is 31.6 Å². The van der Waals surface area contributed by atoms with Crippen LogP contribution in [0.5, 0.6) is 17.2 Å². The lowest BCUT2D eigenvalue weighted by atomic mass is 9.98. The number of carbonyl (C=O) groups is 3. The predicted molar refractivity (Wildman–Crippen MR) is 163 cm³/mol. The number of piperidine rings is 1. The Morgan fingerprint density at radius 2 is 1.70 bits per heavy atom. The third kappa shape index (κ3) is 8.56. The molecule has 0 spiro atoms. The van der Waals surface area contributed by atoms with Crippen molar-refractivity contribution in [2.45, 2.75) is 51.7 Å². The van der Waals surface area contributed by atoms with Crippen LogP contribution in [0, 0.1) is 5.92 Å². The summed E-state index contributed by atoms with van der Waals surface area (Å²) < 4.78 is 5.90. The van der Waals surface area contributed by atoms with Crippen molar-refractivity contribution in [1.29, 1.82) is 0 Å². The largest absolute Gasteiger partial charge is 0.508 e. The first kappa shape index (κ1) is 31.5. The van der Waals surface area contributed by atoms with Crippen LogP contribution in [0.2, 0.25) is 0 Å². The molecule has 0 aromatic heterocycles. The van der Waals surface area contributed by atoms with E-state index in [-0.39, 0.29) is 29.8 Å². The van der Waals surface area contributed by atoms with Crippen molar-refractivity contribution >= 4 is 23.6 Å². The van der Waals surface area contributed by atoms with Crippen molar-refractivity contribution in [3.8, 4) is 17.2 Å². The molecule has 43 heavy (non-hydrogen) atoms. The van der Waals surface area contributed by atoms with Crippen molar-refractivity contribution in [2.24, 2.45) is 11.7 Å². The van der Waals surface area contributed by atoms with E-state index in [9.17, 15) is 24.6 Å². The number of quaternary nitrogens is 1. The van der Waals surface area contributed by atoms with Gasteiger partial charge in [-0.3, -0.25) is 14.5 Å². The van der Waals surface area contributed by atoms with E-state index in [1.165, 1.54) is 17.0 Å². The number of urea groups is 1. The second-order valence-corrected chi connectivity index (χ2v) is 11.9. The van der Waals surface area contributed by atoms with Gasteiger partial charge in [-0.05, 0) is 73.4 Å². The maximum Gasteiger partial charge on any atom is 0.329 e. The maximum atomic E-state index is 13.9. The van der Waals surface area contributed by atoms with Gasteiger partial charge < -0.3 is 30.5 Å². The number of likely N-dealkylation sites (tertiary alicyclic amines) is 1. The van der Waals surface area contributed by atoms with E-state index in [1.807, 2.05) is 6.07 Å². The number of hydrogen-bond acceptors (Lipinski definition) is 7. The molecule has 3 aromatic carbocycles. The van der Waals surface area contributed by atoms with Crippen LogP contribution < -0.4 is 15.8 Å². The lowest BCUT2D eigenvalue weighted by molar-refractivity contribution is -0.928. The predicted octanol–water partition coefficient (Wildman–Crippen LogP) is 4.40. The van der Waals surface area contributed by atoms with E-state index in [1.54, 1.807) is 68.4 Å². The number of ether oxygens (including phenoxy) is 1. The average molecular weight is 590 g/mol. The van der Waals surface area contributed by atoms with Gasteiger partial charge in [0.25, 0.3) is 0 Å². The quantitative estimate of drug-likeness (QED) is 0.165. The minimum atomic E-state index is -0.986. The summed E-state index contributed by atoms with van der Waals surface area (Å²) in [5.41, 5.74) is 8.57. The van der Waals surface area contributed by atoms with E-state index in [2.05, 4.69) is 12.4 Å². The average Bonchev–Trinajstić information content (AvgIpc) is 2.95. The second kappa shape index (κ2) is 13.7. The lowest BCUT2D eigenvalue weighted by Gasteiger charge is -2.44. The van der Waals surface area contributed by atoms with Gasteiger partial charge in [-0.15, -0.1) is 0 Å². The van der Waals surface area contributed by atoms with E-state index in [0.717, 1.165) is 24.1 Å². The summed E-state index contributed by atoms with van der Waals surface area (Å²) in [5, 5.41) is 22.4. The van der Waals surface area contributed by atoms with Gasteiger partial charge in [0, 0.05) is 11.3 Å². The lowest BCUT2D eigenvalue weighted by Crippen LogP contribution is -2.62. The summed E-state index contributed by atoms with van der Waals surface area (Å²) in [4.78, 5) is 40.9. The van der Waals surface area contributed by atoms with Crippen LogP contribution >= 0.6 is 0 Å². The highest BCUT2D eigenvalue weighted by molar-refractivity contribution is 6.03. The zero-order chi connectivity index (χ0) is 31.1. The first-order chi connectivity index (χ1) is 20.4. The number of nitrogens with two attached hydrogens (primary N) is 1. The number of phenols is 2. The Hall–Kier alpha value is -4.41. The molecule has 1 aliphatic rings. The van der Waals surface area contributed by atoms with Gasteiger partial charge >= 0.3 is 12.0 Å². The Kier molecular flexibility index (Phi) is 10.1. The highest BCUT2D eigenvalue weighted by atomic mass is 16.5. The molecule has 3 atom stereocenters. The smallest absolute Gasteiger partial charge is 0.329 e. The van der Waals surface area contributed by atoms with E-state index in [4.69, 9.17) is 10.5 Å². The molecule has 0 bridgehead atoms. The SMILES string of the molecule is CC(C)C(=O)Oc1ccc(NC(=O)N(C(=O)[C@@H](N)Cc2ccc(O)cc2)[C@H]2CCC[N+](C)(Cc3cccc(O)c3)C2)cc1. The van der Waals surface area contributed by atoms with Crippen LogP contribution in [-0.2, 0) is 22.6 Å². The van der Waals surface area contributed by atoms with Crippen molar-refractivity contribution < 1.29 is 33.8 Å². The molecule has 3 amide bonds. The molecular formula is C33H41N4O6+. The fourth-order valence-corrected chi connectivity index (χ4v) is 5.47. The van der Waals surface area contributed by atoms with E-state index >= 15 is 0 Å². The normalized spacial score (nSPS) is 19.0. The molecule has 5 N–H and O–H groups in total. The van der Waals surface area contributed by atoms with Gasteiger partial charge in [-0.25, -0.2) is 4.79 Å². The monoisotopic (exact) mass is 589 g/mol. The molecule has 3 aromatic rings. The Morgan fingerprint density at radius 3 is 2.35 bits per heavy atom. The van der Waals surface area contributed by atoms with Gasteiger partial charge in [0.15, 0.2) is 0 Å². The molecule has 0 saturated carbocycles. The standard InChI is InChI=1S/C33H40N4O6/c1-22(2)32(41)43-29-15-11-25(12-16-29)35-33(42)36(31(40)30(34)19-23-9-13-27(38)14-10-23)26-7-5-17-37(3,21-26)20-24-6-4-8-28(39)18-24/h4,6,8-16,18,22,26,30H,5,7,17,19-21,34H2,1-3H3,(H2-,35,38,39,42)/p+1/t26-,30-,37?/m0/s1. The summed E-state index contributed by atoms with van der Waals surface area (Å²) in [6.07, 6.45) is 1.62. The molecule has 10 nitrogen and oxygen atoms in total. The number of nitrogens with one attached hydrogen (secondary N) is 1. The van der Waals surface area contributed by atoms with Gasteiger partial charge in [0.1, 0.15) is 30.3 Å². The Morgan fingerprint density at radius 1 is 1.00 bits per heavy atom. The molecule has 4 rings (SSSR count). The molecule has 1 saturated heterocycles. The second-order valence-electron chi connectivity index (χ2n) is 11.9. The fourth-order valence-electron chi connectivity index (χ4n) is 5.47. The summed E-state index contributed by atoms with van der Waals surface area (Å²) in [6.45, 7) is 5.49. The molecule has 1 unspecified atom stereocenters. The van der Waals surface area contributed by atoms with E-state index in [0.29, 0.717) is 35.4 Å². The fraction of sp³-hybridized carbons (Fsp3) is 0.364. The first-order valence-electron chi connectivity index (χ1n) is 14.5. The number of likely N-dealkylation sites (N-methyl/N-ethyl adjacent to an activating group) is 1. The van der Waals surface area contributed by atoms with Crippen molar-refractivity contribution in [2.75, 3.05) is 25.5 Å². The van der Waals surface area contributed by atoms with Crippen LogP contribution in [0.1, 0.15) is 37.8 Å². The molecule has 0 radical (unpaired) electrons. The summed E-state index contributed by atoms with van der Waals surface area (Å²) >= 11 is 0. The van der Waals surface area contributed by atoms with Gasteiger partial charge in [-0.1, -0.05) is 38.1 Å². The topological polar surface area (TPSA) is 142 Å². The van der Waals surface area contributed by atoms with E-state index < -0.39 is 24.0 Å². The minimum Gasteiger partial charge on any atom is -0.508 e. The number of hydrogen-bond donors (Lipinski definition) is 4. The number of carbonyl (C=O) groups excluding carboxylic acids is 3. The number of amides is 3. The van der Waals surface area contributed by atoms with Crippen molar-refractivity contribution in [3.05, 3.63) is 83.9 Å². The number of phenolic OH excluding ortho intramolecular Hbond substituents is 2. The molecule has 228 valence electrons. The third-order valence-corrected chi connectivity index (χ3v) is 7.69. The number of anilines is 1. The van der Waals surface area contributed by atoms with Crippen molar-refractivity contribution in [1.82, 2.24) is 4.90 Å². The third-order valence-electron chi connectivity index (χ3n) is 7.69. The van der Waals surface area contributed by atoms with Crippen molar-refractivity contribution in [3.63, 3.8) is 0 Å². The Labute approximate surface area is 252 Å². The molecule has 10 heteroatoms. The van der Waals surface area contributed by atoms with Crippen LogP contribution in [-0.4, -0.2) is 69.7 Å².